The van der Waals surface area contributed by atoms with Crippen LogP contribution in [-0.4, -0.2) is 10.9 Å². The van der Waals surface area contributed by atoms with E-state index in [0.717, 1.165) is 16.9 Å². The highest BCUT2D eigenvalue weighted by atomic mass is 32.1. The van der Waals surface area contributed by atoms with E-state index in [2.05, 4.69) is 10.3 Å². The molecule has 0 radical (unpaired) electrons. The van der Waals surface area contributed by atoms with E-state index in [1.165, 1.54) is 29.0 Å². The molecule has 1 N–H and O–H groups in total. The molecule has 3 nitrogen and oxygen atoms in total. The molecule has 6 heteroatoms. The molecule has 0 unspecified atom stereocenters. The van der Waals surface area contributed by atoms with Gasteiger partial charge in [0.2, 0.25) is 5.91 Å². The topological polar surface area (TPSA) is 42.0 Å². The summed E-state index contributed by atoms with van der Waals surface area (Å²) < 4.78 is 13.2. The van der Waals surface area contributed by atoms with Crippen molar-refractivity contribution in [2.75, 3.05) is 5.32 Å². The van der Waals surface area contributed by atoms with E-state index in [4.69, 9.17) is 0 Å². The van der Waals surface area contributed by atoms with Crippen LogP contribution in [0.3, 0.4) is 0 Å². The first-order chi connectivity index (χ1) is 11.2. The summed E-state index contributed by atoms with van der Waals surface area (Å²) in [5.41, 5.74) is 2.07. The van der Waals surface area contributed by atoms with Gasteiger partial charge in [-0.1, -0.05) is 12.1 Å². The molecule has 0 fully saturated rings. The molecule has 0 aliphatic carbocycles. The standard InChI is InChI=1S/C17H15FN2OS2/c18-14-3-1-2-13(8-14)9-15-10-19-17(23-15)20-16(21)5-4-12-6-7-22-11-12/h1-3,6-8,10-11H,4-5,9H2,(H,19,20,21). The molecular formula is C17H15FN2OS2. The van der Waals surface area contributed by atoms with Gasteiger partial charge in [0.15, 0.2) is 5.13 Å². The van der Waals surface area contributed by atoms with Crippen LogP contribution in [0.5, 0.6) is 0 Å². The molecule has 2 heterocycles. The van der Waals surface area contributed by atoms with Crippen LogP contribution in [0.25, 0.3) is 0 Å². The van der Waals surface area contributed by atoms with Gasteiger partial charge >= 0.3 is 0 Å². The van der Waals surface area contributed by atoms with Crippen molar-refractivity contribution in [2.24, 2.45) is 0 Å². The van der Waals surface area contributed by atoms with Crippen molar-refractivity contribution >= 4 is 33.7 Å². The SMILES string of the molecule is O=C(CCc1ccsc1)Nc1ncc(Cc2cccc(F)c2)s1. The first-order valence-electron chi connectivity index (χ1n) is 7.19. The maximum Gasteiger partial charge on any atom is 0.226 e. The first kappa shape index (κ1) is 15.8. The average molecular weight is 346 g/mol. The van der Waals surface area contributed by atoms with Gasteiger partial charge in [0.25, 0.3) is 0 Å². The summed E-state index contributed by atoms with van der Waals surface area (Å²) in [7, 11) is 0. The van der Waals surface area contributed by atoms with Crippen molar-refractivity contribution in [2.45, 2.75) is 19.3 Å². The Morgan fingerprint density at radius 1 is 1.26 bits per heavy atom. The number of nitrogens with zero attached hydrogens (tertiary/aromatic N) is 1. The molecule has 0 atom stereocenters. The molecule has 3 rings (SSSR count). The second-order valence-electron chi connectivity index (χ2n) is 5.12. The third kappa shape index (κ3) is 4.71. The van der Waals surface area contributed by atoms with Crippen molar-refractivity contribution in [3.05, 3.63) is 69.1 Å². The largest absolute Gasteiger partial charge is 0.302 e. The fraction of sp³-hybridized carbons (Fsp3) is 0.176. The third-order valence-electron chi connectivity index (χ3n) is 3.29. The Hall–Kier alpha value is -2.05. The van der Waals surface area contributed by atoms with Gasteiger partial charge < -0.3 is 5.32 Å². The highest BCUT2D eigenvalue weighted by Gasteiger charge is 2.08. The van der Waals surface area contributed by atoms with Gasteiger partial charge in [-0.2, -0.15) is 11.3 Å². The maximum absolute atomic E-state index is 13.2. The highest BCUT2D eigenvalue weighted by Crippen LogP contribution is 2.22. The van der Waals surface area contributed by atoms with E-state index < -0.39 is 0 Å². The lowest BCUT2D eigenvalue weighted by Gasteiger charge is -2.00. The number of benzene rings is 1. The minimum absolute atomic E-state index is 0.0390. The van der Waals surface area contributed by atoms with Crippen molar-refractivity contribution in [3.63, 3.8) is 0 Å². The molecule has 0 saturated heterocycles. The number of thiophene rings is 1. The number of nitrogens with one attached hydrogen (secondary N) is 1. The summed E-state index contributed by atoms with van der Waals surface area (Å²) in [5.74, 6) is -0.281. The number of anilines is 1. The fourth-order valence-electron chi connectivity index (χ4n) is 2.17. The average Bonchev–Trinajstić information content (AvgIpc) is 3.17. The van der Waals surface area contributed by atoms with E-state index in [9.17, 15) is 9.18 Å². The molecule has 23 heavy (non-hydrogen) atoms. The molecule has 0 aliphatic heterocycles. The Morgan fingerprint density at radius 2 is 2.17 bits per heavy atom. The lowest BCUT2D eigenvalue weighted by Crippen LogP contribution is -2.11. The zero-order chi connectivity index (χ0) is 16.1. The number of amides is 1. The van der Waals surface area contributed by atoms with E-state index >= 15 is 0 Å². The number of carbonyl (C=O) groups is 1. The molecule has 1 aromatic carbocycles. The Labute approximate surface area is 141 Å². The number of rotatable bonds is 6. The van der Waals surface area contributed by atoms with Crippen molar-refractivity contribution in [1.29, 1.82) is 0 Å². The van der Waals surface area contributed by atoms with Crippen LogP contribution in [0.4, 0.5) is 9.52 Å². The summed E-state index contributed by atoms with van der Waals surface area (Å²) >= 11 is 3.05. The second kappa shape index (κ2) is 7.48. The summed E-state index contributed by atoms with van der Waals surface area (Å²) in [6.07, 6.45) is 3.51. The van der Waals surface area contributed by atoms with Gasteiger partial charge in [0.1, 0.15) is 5.82 Å². The van der Waals surface area contributed by atoms with Gasteiger partial charge in [-0.15, -0.1) is 11.3 Å². The fourth-order valence-corrected chi connectivity index (χ4v) is 3.74. The van der Waals surface area contributed by atoms with Crippen LogP contribution in [0.2, 0.25) is 0 Å². The van der Waals surface area contributed by atoms with Gasteiger partial charge in [-0.3, -0.25) is 4.79 Å². The third-order valence-corrected chi connectivity index (χ3v) is 4.93. The van der Waals surface area contributed by atoms with Crippen LogP contribution < -0.4 is 5.32 Å². The van der Waals surface area contributed by atoms with E-state index in [1.54, 1.807) is 23.6 Å². The van der Waals surface area contributed by atoms with Crippen molar-refractivity contribution in [1.82, 2.24) is 4.98 Å². The molecule has 2 aromatic heterocycles. The summed E-state index contributed by atoms with van der Waals surface area (Å²) in [6.45, 7) is 0. The van der Waals surface area contributed by atoms with E-state index in [-0.39, 0.29) is 11.7 Å². The number of thiazole rings is 1. The summed E-state index contributed by atoms with van der Waals surface area (Å²) in [6, 6.07) is 8.54. The van der Waals surface area contributed by atoms with Gasteiger partial charge in [-0.05, 0) is 46.5 Å². The lowest BCUT2D eigenvalue weighted by molar-refractivity contribution is -0.116. The van der Waals surface area contributed by atoms with E-state index in [1.807, 2.05) is 22.9 Å². The number of aromatic nitrogens is 1. The molecule has 0 bridgehead atoms. The predicted octanol–water partition coefficient (Wildman–Crippen LogP) is 4.51. The van der Waals surface area contributed by atoms with Crippen LogP contribution in [-0.2, 0) is 17.6 Å². The van der Waals surface area contributed by atoms with Crippen LogP contribution in [0.1, 0.15) is 22.4 Å². The van der Waals surface area contributed by atoms with Crippen molar-refractivity contribution < 1.29 is 9.18 Å². The Morgan fingerprint density at radius 3 is 2.96 bits per heavy atom. The number of hydrogen-bond acceptors (Lipinski definition) is 4. The lowest BCUT2D eigenvalue weighted by atomic mass is 10.1. The van der Waals surface area contributed by atoms with E-state index in [0.29, 0.717) is 18.0 Å². The van der Waals surface area contributed by atoms with Gasteiger partial charge in [0.05, 0.1) is 0 Å². The maximum atomic E-state index is 13.2. The molecular weight excluding hydrogens is 331 g/mol. The van der Waals surface area contributed by atoms with Crippen LogP contribution in [0.15, 0.2) is 47.3 Å². The number of carbonyl (C=O) groups excluding carboxylic acids is 1. The minimum atomic E-state index is -0.242. The van der Waals surface area contributed by atoms with Crippen LogP contribution in [0, 0.1) is 5.82 Å². The molecule has 118 valence electrons. The smallest absolute Gasteiger partial charge is 0.226 e. The second-order valence-corrected chi connectivity index (χ2v) is 7.01. The number of aryl methyl sites for hydroxylation is 1. The normalized spacial score (nSPS) is 10.7. The number of halogens is 1. The quantitative estimate of drug-likeness (QED) is 0.714. The summed E-state index contributed by atoms with van der Waals surface area (Å²) in [5, 5.41) is 7.47. The van der Waals surface area contributed by atoms with Gasteiger partial charge in [-0.25, -0.2) is 9.37 Å². The van der Waals surface area contributed by atoms with Gasteiger partial charge in [0, 0.05) is 23.9 Å². The van der Waals surface area contributed by atoms with Crippen LogP contribution >= 0.6 is 22.7 Å². The summed E-state index contributed by atoms with van der Waals surface area (Å²) in [4.78, 5) is 17.1. The Kier molecular flexibility index (Phi) is 5.15. The zero-order valence-electron chi connectivity index (χ0n) is 12.3. The zero-order valence-corrected chi connectivity index (χ0v) is 13.9. The Balaban J connectivity index is 1.53. The molecule has 3 aromatic rings. The minimum Gasteiger partial charge on any atom is -0.302 e. The Bertz CT molecular complexity index is 784. The van der Waals surface area contributed by atoms with Crippen molar-refractivity contribution in [3.8, 4) is 0 Å². The molecule has 1 amide bonds. The number of hydrogen-bond donors (Lipinski definition) is 1. The molecule has 0 spiro atoms. The molecule has 0 aliphatic rings. The molecule has 0 saturated carbocycles. The monoisotopic (exact) mass is 346 g/mol. The first-order valence-corrected chi connectivity index (χ1v) is 8.95. The highest BCUT2D eigenvalue weighted by molar-refractivity contribution is 7.15. The predicted molar refractivity (Wildman–Crippen MR) is 92.6 cm³/mol.